The van der Waals surface area contributed by atoms with Gasteiger partial charge in [0, 0.05) is 24.5 Å². The molecule has 2 heterocycles. The molecule has 5 heteroatoms. The zero-order valence-electron chi connectivity index (χ0n) is 14.1. The van der Waals surface area contributed by atoms with E-state index in [1.165, 1.54) is 0 Å². The van der Waals surface area contributed by atoms with Gasteiger partial charge in [-0.15, -0.1) is 0 Å². The van der Waals surface area contributed by atoms with Gasteiger partial charge < -0.3 is 15.7 Å². The predicted octanol–water partition coefficient (Wildman–Crippen LogP) is 3.32. The second-order valence-corrected chi connectivity index (χ2v) is 6.58. The first kappa shape index (κ1) is 15.8. The van der Waals surface area contributed by atoms with Gasteiger partial charge in [-0.05, 0) is 43.5 Å². The number of nitrogens with two attached hydrogens (primary N) is 1. The number of phenolic OH excluding ortho intramolecular Hbond substituents is 1. The zero-order valence-corrected chi connectivity index (χ0v) is 14.1. The Balaban J connectivity index is 1.86. The molecule has 128 valence electrons. The number of para-hydroxylation sites is 2. The third-order valence-electron chi connectivity index (χ3n) is 4.80. The molecule has 0 amide bonds. The summed E-state index contributed by atoms with van der Waals surface area (Å²) < 4.78 is 0. The van der Waals surface area contributed by atoms with Gasteiger partial charge in [-0.3, -0.25) is 0 Å². The Morgan fingerprint density at radius 3 is 2.64 bits per heavy atom. The number of aromatic hydroxyl groups is 1. The maximum absolute atomic E-state index is 10.2. The lowest BCUT2D eigenvalue weighted by molar-refractivity contribution is 0.477. The standard InChI is InChI=1S/C20H22N4O/c21-14-6-5-12-24(13-11-14)20-15-7-1-3-9-17(15)22-19(23-20)16-8-2-4-10-18(16)25/h1-4,7-10,14,25H,5-6,11-13,21H2. The first-order valence-electron chi connectivity index (χ1n) is 8.78. The number of aromatic nitrogens is 2. The SMILES string of the molecule is NC1CCCN(c2nc(-c3ccccc3O)nc3ccccc23)CC1. The minimum Gasteiger partial charge on any atom is -0.507 e. The molecule has 0 saturated carbocycles. The van der Waals surface area contributed by atoms with E-state index in [1.807, 2.05) is 30.3 Å². The van der Waals surface area contributed by atoms with Crippen molar-refractivity contribution >= 4 is 16.7 Å². The fourth-order valence-electron chi connectivity index (χ4n) is 3.42. The summed E-state index contributed by atoms with van der Waals surface area (Å²) >= 11 is 0. The number of hydrogen-bond donors (Lipinski definition) is 2. The number of hydrogen-bond acceptors (Lipinski definition) is 5. The molecule has 0 bridgehead atoms. The fraction of sp³-hybridized carbons (Fsp3) is 0.300. The number of nitrogens with zero attached hydrogens (tertiary/aromatic N) is 3. The predicted molar refractivity (Wildman–Crippen MR) is 101 cm³/mol. The third-order valence-corrected chi connectivity index (χ3v) is 4.80. The average molecular weight is 334 g/mol. The van der Waals surface area contributed by atoms with Gasteiger partial charge in [-0.2, -0.15) is 0 Å². The summed E-state index contributed by atoms with van der Waals surface area (Å²) in [6, 6.07) is 15.5. The monoisotopic (exact) mass is 334 g/mol. The number of fused-ring (bicyclic) bond motifs is 1. The van der Waals surface area contributed by atoms with Gasteiger partial charge >= 0.3 is 0 Å². The quantitative estimate of drug-likeness (QED) is 0.752. The summed E-state index contributed by atoms with van der Waals surface area (Å²) in [4.78, 5) is 11.8. The van der Waals surface area contributed by atoms with E-state index in [9.17, 15) is 5.11 Å². The van der Waals surface area contributed by atoms with Crippen LogP contribution in [0.25, 0.3) is 22.3 Å². The van der Waals surface area contributed by atoms with Crippen molar-refractivity contribution < 1.29 is 5.11 Å². The Hall–Kier alpha value is -2.66. The summed E-state index contributed by atoms with van der Waals surface area (Å²) in [5, 5.41) is 11.2. The lowest BCUT2D eigenvalue weighted by Crippen LogP contribution is -2.27. The minimum atomic E-state index is 0.196. The molecule has 1 aromatic heterocycles. The van der Waals surface area contributed by atoms with Crippen molar-refractivity contribution in [2.75, 3.05) is 18.0 Å². The average Bonchev–Trinajstić information content (AvgIpc) is 2.86. The topological polar surface area (TPSA) is 75.3 Å². The second-order valence-electron chi connectivity index (χ2n) is 6.58. The molecular formula is C20H22N4O. The summed E-state index contributed by atoms with van der Waals surface area (Å²) in [6.07, 6.45) is 3.07. The largest absolute Gasteiger partial charge is 0.507 e. The maximum atomic E-state index is 10.2. The van der Waals surface area contributed by atoms with Crippen molar-refractivity contribution in [3.63, 3.8) is 0 Å². The van der Waals surface area contributed by atoms with E-state index in [0.29, 0.717) is 11.4 Å². The highest BCUT2D eigenvalue weighted by Gasteiger charge is 2.19. The van der Waals surface area contributed by atoms with Crippen molar-refractivity contribution in [2.24, 2.45) is 5.73 Å². The van der Waals surface area contributed by atoms with Crippen LogP contribution in [-0.4, -0.2) is 34.2 Å². The first-order chi connectivity index (χ1) is 12.2. The van der Waals surface area contributed by atoms with Crippen LogP contribution >= 0.6 is 0 Å². The van der Waals surface area contributed by atoms with Crippen molar-refractivity contribution in [1.82, 2.24) is 9.97 Å². The number of benzene rings is 2. The van der Waals surface area contributed by atoms with Crippen LogP contribution in [0.1, 0.15) is 19.3 Å². The zero-order chi connectivity index (χ0) is 17.2. The molecule has 1 saturated heterocycles. The Kier molecular flexibility index (Phi) is 4.24. The molecule has 0 spiro atoms. The Morgan fingerprint density at radius 1 is 0.960 bits per heavy atom. The van der Waals surface area contributed by atoms with E-state index >= 15 is 0 Å². The molecule has 1 aliphatic heterocycles. The Morgan fingerprint density at radius 2 is 1.76 bits per heavy atom. The molecule has 25 heavy (non-hydrogen) atoms. The summed E-state index contributed by atoms with van der Waals surface area (Å²) in [5.74, 6) is 1.68. The van der Waals surface area contributed by atoms with Gasteiger partial charge in [0.25, 0.3) is 0 Å². The molecule has 2 aromatic carbocycles. The van der Waals surface area contributed by atoms with Gasteiger partial charge in [0.15, 0.2) is 5.82 Å². The van der Waals surface area contributed by atoms with Crippen LogP contribution in [0.2, 0.25) is 0 Å². The molecule has 0 aliphatic carbocycles. The molecule has 1 aliphatic rings. The number of phenols is 1. The summed E-state index contributed by atoms with van der Waals surface area (Å²) in [7, 11) is 0. The molecule has 0 radical (unpaired) electrons. The third kappa shape index (κ3) is 3.15. The van der Waals surface area contributed by atoms with E-state index in [4.69, 9.17) is 10.7 Å². The molecule has 3 aromatic rings. The first-order valence-corrected chi connectivity index (χ1v) is 8.78. The van der Waals surface area contributed by atoms with Crippen molar-refractivity contribution in [3.05, 3.63) is 48.5 Å². The van der Waals surface area contributed by atoms with Crippen LogP contribution in [0.15, 0.2) is 48.5 Å². The molecule has 4 rings (SSSR count). The van der Waals surface area contributed by atoms with E-state index in [-0.39, 0.29) is 11.8 Å². The molecule has 1 fully saturated rings. The Labute approximate surface area is 147 Å². The highest BCUT2D eigenvalue weighted by molar-refractivity contribution is 5.91. The van der Waals surface area contributed by atoms with Crippen molar-refractivity contribution in [2.45, 2.75) is 25.3 Å². The van der Waals surface area contributed by atoms with E-state index < -0.39 is 0 Å². The number of anilines is 1. The molecule has 3 N–H and O–H groups in total. The van der Waals surface area contributed by atoms with Crippen LogP contribution < -0.4 is 10.6 Å². The molecule has 1 unspecified atom stereocenters. The van der Waals surface area contributed by atoms with Crippen molar-refractivity contribution in [1.29, 1.82) is 0 Å². The molecule has 5 nitrogen and oxygen atoms in total. The van der Waals surface area contributed by atoms with Crippen LogP contribution in [0.3, 0.4) is 0 Å². The van der Waals surface area contributed by atoms with E-state index in [0.717, 1.165) is 49.1 Å². The summed E-state index contributed by atoms with van der Waals surface area (Å²) in [5.41, 5.74) is 7.68. The maximum Gasteiger partial charge on any atom is 0.165 e. The van der Waals surface area contributed by atoms with Gasteiger partial charge in [0.2, 0.25) is 0 Å². The lowest BCUT2D eigenvalue weighted by atomic mass is 10.1. The van der Waals surface area contributed by atoms with E-state index in [1.54, 1.807) is 12.1 Å². The van der Waals surface area contributed by atoms with Gasteiger partial charge in [0.05, 0.1) is 11.1 Å². The van der Waals surface area contributed by atoms with Gasteiger partial charge in [-0.1, -0.05) is 24.3 Å². The second kappa shape index (κ2) is 6.69. The Bertz CT molecular complexity index is 896. The molecule has 1 atom stereocenters. The smallest absolute Gasteiger partial charge is 0.165 e. The summed E-state index contributed by atoms with van der Waals surface area (Å²) in [6.45, 7) is 1.83. The van der Waals surface area contributed by atoms with Gasteiger partial charge in [0.1, 0.15) is 11.6 Å². The highest BCUT2D eigenvalue weighted by atomic mass is 16.3. The van der Waals surface area contributed by atoms with Crippen LogP contribution in [0, 0.1) is 0 Å². The van der Waals surface area contributed by atoms with Gasteiger partial charge in [-0.25, -0.2) is 9.97 Å². The van der Waals surface area contributed by atoms with E-state index in [2.05, 4.69) is 16.0 Å². The molecular weight excluding hydrogens is 312 g/mol. The van der Waals surface area contributed by atoms with Crippen LogP contribution in [0.4, 0.5) is 5.82 Å². The highest BCUT2D eigenvalue weighted by Crippen LogP contribution is 2.32. The fourth-order valence-corrected chi connectivity index (χ4v) is 3.42. The number of rotatable bonds is 2. The van der Waals surface area contributed by atoms with Crippen LogP contribution in [0.5, 0.6) is 5.75 Å². The lowest BCUT2D eigenvalue weighted by Gasteiger charge is -2.23. The normalized spacial score (nSPS) is 18.3. The van der Waals surface area contributed by atoms with Crippen molar-refractivity contribution in [3.8, 4) is 17.1 Å². The minimum absolute atomic E-state index is 0.196. The van der Waals surface area contributed by atoms with Crippen LogP contribution in [-0.2, 0) is 0 Å².